The van der Waals surface area contributed by atoms with Crippen molar-refractivity contribution in [1.82, 2.24) is 4.90 Å². The van der Waals surface area contributed by atoms with Crippen molar-refractivity contribution in [3.63, 3.8) is 0 Å². The summed E-state index contributed by atoms with van der Waals surface area (Å²) in [7, 11) is 0. The number of fused-ring (bicyclic) bond motifs is 1. The van der Waals surface area contributed by atoms with Gasteiger partial charge in [0.2, 0.25) is 0 Å². The minimum Gasteiger partial charge on any atom is -0.449 e. The van der Waals surface area contributed by atoms with E-state index in [4.69, 9.17) is 4.74 Å². The molecule has 1 aliphatic rings. The highest BCUT2D eigenvalue weighted by molar-refractivity contribution is 9.10. The number of hydrogen-bond donors (Lipinski definition) is 0. The molecule has 0 aromatic heterocycles. The Bertz CT molecular complexity index is 523. The van der Waals surface area contributed by atoms with Gasteiger partial charge in [0.25, 0.3) is 6.43 Å². The number of ether oxygens (including phenoxy) is 1. The van der Waals surface area contributed by atoms with Crippen LogP contribution in [0.2, 0.25) is 0 Å². The third-order valence-corrected chi connectivity index (χ3v) is 4.25. The number of carbonyl (C=O) groups is 1. The highest BCUT2D eigenvalue weighted by atomic mass is 79.9. The molecule has 21 heavy (non-hydrogen) atoms. The molecule has 0 bridgehead atoms. The zero-order valence-corrected chi connectivity index (χ0v) is 13.5. The molecule has 0 saturated carbocycles. The van der Waals surface area contributed by atoms with Gasteiger partial charge in [0.1, 0.15) is 0 Å². The molecule has 116 valence electrons. The van der Waals surface area contributed by atoms with Gasteiger partial charge < -0.3 is 9.64 Å². The summed E-state index contributed by atoms with van der Waals surface area (Å²) >= 11 is 3.33. The zero-order chi connectivity index (χ0) is 15.4. The van der Waals surface area contributed by atoms with Crippen LogP contribution in [0.15, 0.2) is 16.6 Å². The van der Waals surface area contributed by atoms with Crippen LogP contribution in [0.4, 0.5) is 13.6 Å². The van der Waals surface area contributed by atoms with Gasteiger partial charge in [0, 0.05) is 16.6 Å². The molecule has 3 nitrogen and oxygen atoms in total. The summed E-state index contributed by atoms with van der Waals surface area (Å²) in [6.45, 7) is 3.34. The number of rotatable bonds is 4. The number of hydrogen-bond acceptors (Lipinski definition) is 2. The fourth-order valence-electron chi connectivity index (χ4n) is 2.32. The molecule has 6 heteroatoms. The molecule has 1 amide bonds. The summed E-state index contributed by atoms with van der Waals surface area (Å²) in [4.78, 5) is 13.6. The third kappa shape index (κ3) is 3.93. The Morgan fingerprint density at radius 3 is 2.90 bits per heavy atom. The smallest absolute Gasteiger partial charge is 0.410 e. The van der Waals surface area contributed by atoms with E-state index >= 15 is 0 Å². The van der Waals surface area contributed by atoms with E-state index in [-0.39, 0.29) is 11.7 Å². The second kappa shape index (κ2) is 7.20. The molecule has 0 unspecified atom stereocenters. The number of alkyl halides is 2. The van der Waals surface area contributed by atoms with Crippen molar-refractivity contribution in [1.29, 1.82) is 0 Å². The Balaban J connectivity index is 2.08. The largest absolute Gasteiger partial charge is 0.449 e. The first kappa shape index (κ1) is 16.2. The van der Waals surface area contributed by atoms with Gasteiger partial charge in [-0.05, 0) is 36.1 Å². The summed E-state index contributed by atoms with van der Waals surface area (Å²) in [6, 6.07) is 2.96. The molecule has 1 aromatic rings. The second-order valence-corrected chi connectivity index (χ2v) is 5.93. The highest BCUT2D eigenvalue weighted by Gasteiger charge is 2.24. The average Bonchev–Trinajstić information content (AvgIpc) is 2.46. The van der Waals surface area contributed by atoms with Crippen LogP contribution in [0, 0.1) is 0 Å². The lowest BCUT2D eigenvalue weighted by atomic mass is 9.97. The topological polar surface area (TPSA) is 29.5 Å². The Morgan fingerprint density at radius 2 is 2.24 bits per heavy atom. The van der Waals surface area contributed by atoms with E-state index in [1.807, 2.05) is 6.92 Å². The van der Waals surface area contributed by atoms with Gasteiger partial charge in [-0.3, -0.25) is 0 Å². The zero-order valence-electron chi connectivity index (χ0n) is 11.9. The third-order valence-electron chi connectivity index (χ3n) is 3.54. The van der Waals surface area contributed by atoms with E-state index in [2.05, 4.69) is 15.9 Å². The van der Waals surface area contributed by atoms with Crippen LogP contribution >= 0.6 is 15.9 Å². The SMILES string of the molecule is CCCCOC(=O)N1CCc2cc(C(F)F)cc(Br)c2C1. The van der Waals surface area contributed by atoms with Crippen LogP contribution in [0.3, 0.4) is 0 Å². The fraction of sp³-hybridized carbons (Fsp3) is 0.533. The molecule has 1 heterocycles. The van der Waals surface area contributed by atoms with Crippen molar-refractivity contribution in [2.75, 3.05) is 13.2 Å². The molecular formula is C15H18BrF2NO2. The fourth-order valence-corrected chi connectivity index (χ4v) is 2.96. The molecule has 0 atom stereocenters. The Hall–Kier alpha value is -1.17. The Labute approximate surface area is 131 Å². The van der Waals surface area contributed by atoms with Gasteiger partial charge in [0.15, 0.2) is 0 Å². The summed E-state index contributed by atoms with van der Waals surface area (Å²) in [5, 5.41) is 0. The molecule has 0 spiro atoms. The van der Waals surface area contributed by atoms with E-state index in [1.165, 1.54) is 12.1 Å². The van der Waals surface area contributed by atoms with Crippen molar-refractivity contribution in [2.45, 2.75) is 39.2 Å². The lowest BCUT2D eigenvalue weighted by Crippen LogP contribution is -2.36. The van der Waals surface area contributed by atoms with Crippen molar-refractivity contribution < 1.29 is 18.3 Å². The predicted molar refractivity (Wildman–Crippen MR) is 79.5 cm³/mol. The number of nitrogens with zero attached hydrogens (tertiary/aromatic N) is 1. The molecule has 1 aromatic carbocycles. The molecular weight excluding hydrogens is 344 g/mol. The van der Waals surface area contributed by atoms with Gasteiger partial charge in [0.05, 0.1) is 13.2 Å². The van der Waals surface area contributed by atoms with E-state index < -0.39 is 6.43 Å². The first-order chi connectivity index (χ1) is 10.0. The van der Waals surface area contributed by atoms with Crippen LogP contribution in [0.5, 0.6) is 0 Å². The maximum absolute atomic E-state index is 12.8. The summed E-state index contributed by atoms with van der Waals surface area (Å²) in [6.07, 6.45) is -0.435. The molecule has 0 fully saturated rings. The lowest BCUT2D eigenvalue weighted by Gasteiger charge is -2.29. The molecule has 0 radical (unpaired) electrons. The van der Waals surface area contributed by atoms with Crippen LogP contribution in [0.1, 0.15) is 42.9 Å². The maximum Gasteiger partial charge on any atom is 0.410 e. The minimum absolute atomic E-state index is 0.0135. The van der Waals surface area contributed by atoms with Gasteiger partial charge in [-0.2, -0.15) is 0 Å². The lowest BCUT2D eigenvalue weighted by molar-refractivity contribution is 0.0964. The normalized spacial score (nSPS) is 14.2. The standard InChI is InChI=1S/C15H18BrF2NO2/c1-2-3-6-21-15(20)19-5-4-10-7-11(14(17)18)8-13(16)12(10)9-19/h7-8,14H,2-6,9H2,1H3. The van der Waals surface area contributed by atoms with E-state index in [9.17, 15) is 13.6 Å². The number of amides is 1. The number of carbonyl (C=O) groups excluding carboxylic acids is 1. The van der Waals surface area contributed by atoms with Crippen molar-refractivity contribution >= 4 is 22.0 Å². The first-order valence-electron chi connectivity index (χ1n) is 7.04. The van der Waals surface area contributed by atoms with Crippen LogP contribution < -0.4 is 0 Å². The molecule has 0 aliphatic carbocycles. The molecule has 0 N–H and O–H groups in total. The number of benzene rings is 1. The first-order valence-corrected chi connectivity index (χ1v) is 7.83. The van der Waals surface area contributed by atoms with Crippen LogP contribution in [-0.4, -0.2) is 24.1 Å². The van der Waals surface area contributed by atoms with Crippen LogP contribution in [-0.2, 0) is 17.7 Å². The van der Waals surface area contributed by atoms with Crippen LogP contribution in [0.25, 0.3) is 0 Å². The second-order valence-electron chi connectivity index (χ2n) is 5.08. The summed E-state index contributed by atoms with van der Waals surface area (Å²) in [5.41, 5.74) is 1.77. The van der Waals surface area contributed by atoms with E-state index in [0.29, 0.717) is 30.6 Å². The number of unbranched alkanes of at least 4 members (excludes halogenated alkanes) is 1. The monoisotopic (exact) mass is 361 g/mol. The van der Waals surface area contributed by atoms with Crippen molar-refractivity contribution in [3.05, 3.63) is 33.3 Å². The highest BCUT2D eigenvalue weighted by Crippen LogP contribution is 2.32. The van der Waals surface area contributed by atoms with E-state index in [1.54, 1.807) is 4.90 Å². The Kier molecular flexibility index (Phi) is 5.56. The van der Waals surface area contributed by atoms with Gasteiger partial charge in [-0.15, -0.1) is 0 Å². The minimum atomic E-state index is -2.48. The molecule has 2 rings (SSSR count). The number of halogens is 3. The van der Waals surface area contributed by atoms with E-state index in [0.717, 1.165) is 24.0 Å². The predicted octanol–water partition coefficient (Wildman–Crippen LogP) is 4.68. The summed E-state index contributed by atoms with van der Waals surface area (Å²) in [5.74, 6) is 0. The maximum atomic E-state index is 12.8. The average molecular weight is 362 g/mol. The van der Waals surface area contributed by atoms with Gasteiger partial charge >= 0.3 is 6.09 Å². The van der Waals surface area contributed by atoms with Crippen molar-refractivity contribution in [3.8, 4) is 0 Å². The Morgan fingerprint density at radius 1 is 1.48 bits per heavy atom. The van der Waals surface area contributed by atoms with Gasteiger partial charge in [-0.25, -0.2) is 13.6 Å². The molecule has 1 aliphatic heterocycles. The molecule has 0 saturated heterocycles. The van der Waals surface area contributed by atoms with Gasteiger partial charge in [-0.1, -0.05) is 29.3 Å². The van der Waals surface area contributed by atoms with Crippen molar-refractivity contribution in [2.24, 2.45) is 0 Å². The summed E-state index contributed by atoms with van der Waals surface area (Å²) < 4.78 is 31.4. The quantitative estimate of drug-likeness (QED) is 0.728.